The van der Waals surface area contributed by atoms with Crippen LogP contribution >= 0.6 is 31.9 Å². The van der Waals surface area contributed by atoms with Crippen molar-refractivity contribution in [2.75, 3.05) is 6.61 Å². The highest BCUT2D eigenvalue weighted by molar-refractivity contribution is 9.11. The Labute approximate surface area is 112 Å². The van der Waals surface area contributed by atoms with Crippen LogP contribution in [0.5, 0.6) is 0 Å². The lowest BCUT2D eigenvalue weighted by molar-refractivity contribution is -0.143. The highest BCUT2D eigenvalue weighted by atomic mass is 79.9. The van der Waals surface area contributed by atoms with Gasteiger partial charge in [0.05, 0.1) is 13.0 Å². The Morgan fingerprint density at radius 2 is 1.94 bits per heavy atom. The molecule has 5 heteroatoms. The monoisotopic (exact) mass is 349 g/mol. The first-order valence-electron chi connectivity index (χ1n) is 4.90. The Kier molecular flexibility index (Phi) is 5.44. The SMILES string of the molecule is CCOC(=O)C[C@H](N)c1cc(Br)cc(Br)c1. The lowest BCUT2D eigenvalue weighted by Gasteiger charge is -2.12. The van der Waals surface area contributed by atoms with E-state index in [1.807, 2.05) is 18.2 Å². The molecular formula is C11H13Br2NO2. The van der Waals surface area contributed by atoms with Gasteiger partial charge in [-0.05, 0) is 30.7 Å². The molecule has 0 aliphatic rings. The molecule has 0 aromatic heterocycles. The summed E-state index contributed by atoms with van der Waals surface area (Å²) < 4.78 is 6.71. The molecule has 0 aliphatic carbocycles. The minimum Gasteiger partial charge on any atom is -0.466 e. The van der Waals surface area contributed by atoms with Crippen molar-refractivity contribution < 1.29 is 9.53 Å². The maximum atomic E-state index is 11.3. The highest BCUT2D eigenvalue weighted by Crippen LogP contribution is 2.24. The molecule has 0 saturated carbocycles. The van der Waals surface area contributed by atoms with Crippen LogP contribution in [-0.2, 0) is 9.53 Å². The van der Waals surface area contributed by atoms with Crippen molar-refractivity contribution in [1.82, 2.24) is 0 Å². The summed E-state index contributed by atoms with van der Waals surface area (Å²) in [6, 6.07) is 5.37. The number of benzene rings is 1. The molecule has 1 aromatic rings. The van der Waals surface area contributed by atoms with Crippen LogP contribution in [0.25, 0.3) is 0 Å². The lowest BCUT2D eigenvalue weighted by atomic mass is 10.1. The number of hydrogen-bond donors (Lipinski definition) is 1. The second-order valence-electron chi connectivity index (χ2n) is 3.32. The number of esters is 1. The quantitative estimate of drug-likeness (QED) is 0.848. The second-order valence-corrected chi connectivity index (χ2v) is 5.15. The van der Waals surface area contributed by atoms with Gasteiger partial charge in [0.1, 0.15) is 0 Å². The zero-order chi connectivity index (χ0) is 12.1. The molecule has 0 bridgehead atoms. The Morgan fingerprint density at radius 3 is 2.44 bits per heavy atom. The molecular weight excluding hydrogens is 338 g/mol. The van der Waals surface area contributed by atoms with Crippen LogP contribution < -0.4 is 5.73 Å². The third-order valence-electron chi connectivity index (χ3n) is 2.00. The van der Waals surface area contributed by atoms with Gasteiger partial charge in [0.15, 0.2) is 0 Å². The summed E-state index contributed by atoms with van der Waals surface area (Å²) in [6.45, 7) is 2.16. The molecule has 0 heterocycles. The maximum Gasteiger partial charge on any atom is 0.307 e. The van der Waals surface area contributed by atoms with Gasteiger partial charge in [0, 0.05) is 15.0 Å². The Balaban J connectivity index is 2.72. The topological polar surface area (TPSA) is 52.3 Å². The molecule has 0 aliphatic heterocycles. The number of halogens is 2. The summed E-state index contributed by atoms with van der Waals surface area (Å²) in [7, 11) is 0. The third kappa shape index (κ3) is 4.23. The first kappa shape index (κ1) is 13.7. The fourth-order valence-corrected chi connectivity index (χ4v) is 2.64. The molecule has 2 N–H and O–H groups in total. The lowest BCUT2D eigenvalue weighted by Crippen LogP contribution is -2.17. The van der Waals surface area contributed by atoms with E-state index < -0.39 is 0 Å². The van der Waals surface area contributed by atoms with E-state index in [0.717, 1.165) is 14.5 Å². The van der Waals surface area contributed by atoms with Crippen LogP contribution in [0.4, 0.5) is 0 Å². The third-order valence-corrected chi connectivity index (χ3v) is 2.92. The van der Waals surface area contributed by atoms with E-state index in [1.165, 1.54) is 0 Å². The summed E-state index contributed by atoms with van der Waals surface area (Å²) in [4.78, 5) is 11.3. The van der Waals surface area contributed by atoms with Crippen LogP contribution in [0.15, 0.2) is 27.1 Å². The fraction of sp³-hybridized carbons (Fsp3) is 0.364. The number of carbonyl (C=O) groups is 1. The summed E-state index contributed by atoms with van der Waals surface area (Å²) in [6.07, 6.45) is 0.191. The maximum absolute atomic E-state index is 11.3. The molecule has 0 unspecified atom stereocenters. The van der Waals surface area contributed by atoms with E-state index >= 15 is 0 Å². The summed E-state index contributed by atoms with van der Waals surface area (Å²) in [5, 5.41) is 0. The van der Waals surface area contributed by atoms with E-state index in [0.29, 0.717) is 6.61 Å². The smallest absolute Gasteiger partial charge is 0.307 e. The van der Waals surface area contributed by atoms with Crippen molar-refractivity contribution in [2.45, 2.75) is 19.4 Å². The van der Waals surface area contributed by atoms with Crippen molar-refractivity contribution in [1.29, 1.82) is 0 Å². The van der Waals surface area contributed by atoms with Gasteiger partial charge in [-0.15, -0.1) is 0 Å². The summed E-state index contributed by atoms with van der Waals surface area (Å²) >= 11 is 6.75. The van der Waals surface area contributed by atoms with Gasteiger partial charge >= 0.3 is 5.97 Å². The summed E-state index contributed by atoms with van der Waals surface area (Å²) in [5.41, 5.74) is 6.82. The molecule has 16 heavy (non-hydrogen) atoms. The van der Waals surface area contributed by atoms with E-state index in [4.69, 9.17) is 10.5 Å². The van der Waals surface area contributed by atoms with Crippen molar-refractivity contribution in [2.24, 2.45) is 5.73 Å². The number of nitrogens with two attached hydrogens (primary N) is 1. The predicted octanol–water partition coefficient (Wildman–Crippen LogP) is 3.16. The van der Waals surface area contributed by atoms with Crippen LogP contribution in [0.3, 0.4) is 0 Å². The molecule has 0 radical (unpaired) electrons. The number of rotatable bonds is 4. The standard InChI is InChI=1S/C11H13Br2NO2/c1-2-16-11(15)6-10(14)7-3-8(12)5-9(13)4-7/h3-5,10H,2,6,14H2,1H3/t10-/m0/s1. The molecule has 0 fully saturated rings. The first-order valence-corrected chi connectivity index (χ1v) is 6.48. The van der Waals surface area contributed by atoms with E-state index in [2.05, 4.69) is 31.9 Å². The summed E-state index contributed by atoms with van der Waals surface area (Å²) in [5.74, 6) is -0.272. The van der Waals surface area contributed by atoms with Crippen molar-refractivity contribution in [3.63, 3.8) is 0 Å². The van der Waals surface area contributed by atoms with Crippen molar-refractivity contribution in [3.05, 3.63) is 32.7 Å². The van der Waals surface area contributed by atoms with Gasteiger partial charge in [-0.3, -0.25) is 4.79 Å². The van der Waals surface area contributed by atoms with Crippen LogP contribution in [0.1, 0.15) is 24.9 Å². The minimum absolute atomic E-state index is 0.191. The highest BCUT2D eigenvalue weighted by Gasteiger charge is 2.13. The largest absolute Gasteiger partial charge is 0.466 e. The number of ether oxygens (including phenoxy) is 1. The van der Waals surface area contributed by atoms with Gasteiger partial charge in [0.25, 0.3) is 0 Å². The zero-order valence-electron chi connectivity index (χ0n) is 8.87. The molecule has 0 spiro atoms. The predicted molar refractivity (Wildman–Crippen MR) is 70.0 cm³/mol. The number of carbonyl (C=O) groups excluding carboxylic acids is 1. The first-order chi connectivity index (χ1) is 7.52. The van der Waals surface area contributed by atoms with Crippen LogP contribution in [-0.4, -0.2) is 12.6 Å². The van der Waals surface area contributed by atoms with Crippen LogP contribution in [0, 0.1) is 0 Å². The van der Waals surface area contributed by atoms with E-state index in [9.17, 15) is 4.79 Å². The fourth-order valence-electron chi connectivity index (χ4n) is 1.31. The Hall–Kier alpha value is -0.390. The van der Waals surface area contributed by atoms with Crippen molar-refractivity contribution >= 4 is 37.8 Å². The molecule has 0 saturated heterocycles. The molecule has 1 rings (SSSR count). The van der Waals surface area contributed by atoms with Gasteiger partial charge in [0.2, 0.25) is 0 Å². The van der Waals surface area contributed by atoms with Gasteiger partial charge in [-0.25, -0.2) is 0 Å². The molecule has 88 valence electrons. The average molecular weight is 351 g/mol. The molecule has 0 amide bonds. The zero-order valence-corrected chi connectivity index (χ0v) is 12.0. The van der Waals surface area contributed by atoms with Gasteiger partial charge in [-0.2, -0.15) is 0 Å². The molecule has 1 atom stereocenters. The van der Waals surface area contributed by atoms with E-state index in [1.54, 1.807) is 6.92 Å². The second kappa shape index (κ2) is 6.37. The van der Waals surface area contributed by atoms with Gasteiger partial charge < -0.3 is 10.5 Å². The van der Waals surface area contributed by atoms with E-state index in [-0.39, 0.29) is 18.4 Å². The molecule has 1 aromatic carbocycles. The minimum atomic E-state index is -0.340. The number of hydrogen-bond acceptors (Lipinski definition) is 3. The molecule has 3 nitrogen and oxygen atoms in total. The average Bonchev–Trinajstić information content (AvgIpc) is 2.16. The Bertz CT molecular complexity index is 362. The van der Waals surface area contributed by atoms with Gasteiger partial charge in [-0.1, -0.05) is 31.9 Å². The van der Waals surface area contributed by atoms with Crippen molar-refractivity contribution in [3.8, 4) is 0 Å². The normalized spacial score (nSPS) is 12.2. The Morgan fingerprint density at radius 1 is 1.38 bits per heavy atom. The van der Waals surface area contributed by atoms with Crippen LogP contribution in [0.2, 0.25) is 0 Å².